The number of benzene rings is 2. The lowest BCUT2D eigenvalue weighted by Gasteiger charge is -2.23. The molecule has 8 heteroatoms. The van der Waals surface area contributed by atoms with Gasteiger partial charge >= 0.3 is 5.69 Å². The Kier molecular flexibility index (Phi) is 6.22. The summed E-state index contributed by atoms with van der Waals surface area (Å²) in [7, 11) is 0. The van der Waals surface area contributed by atoms with Crippen LogP contribution in [-0.2, 0) is 20.8 Å². The Morgan fingerprint density at radius 2 is 1.87 bits per heavy atom. The summed E-state index contributed by atoms with van der Waals surface area (Å²) in [6, 6.07) is 20.1. The molecular weight excluding hydrogens is 398 g/mol. The van der Waals surface area contributed by atoms with Gasteiger partial charge in [-0.25, -0.2) is 4.79 Å². The summed E-state index contributed by atoms with van der Waals surface area (Å²) in [4.78, 5) is 28.7. The van der Waals surface area contributed by atoms with Crippen LogP contribution in [-0.4, -0.2) is 34.5 Å². The van der Waals surface area contributed by atoms with Gasteiger partial charge in [-0.05, 0) is 30.7 Å². The quantitative estimate of drug-likeness (QED) is 0.631. The van der Waals surface area contributed by atoms with Gasteiger partial charge in [-0.3, -0.25) is 9.36 Å². The zero-order chi connectivity index (χ0) is 21.7. The van der Waals surface area contributed by atoms with Gasteiger partial charge in [0, 0.05) is 11.8 Å². The summed E-state index contributed by atoms with van der Waals surface area (Å²) in [6.07, 6.45) is 0.893. The first kappa shape index (κ1) is 20.9. The fourth-order valence-corrected chi connectivity index (χ4v) is 3.22. The van der Waals surface area contributed by atoms with Gasteiger partial charge in [0.2, 0.25) is 0 Å². The van der Waals surface area contributed by atoms with E-state index in [0.29, 0.717) is 12.2 Å². The van der Waals surface area contributed by atoms with E-state index in [-0.39, 0.29) is 24.9 Å². The molecule has 8 nitrogen and oxygen atoms in total. The van der Waals surface area contributed by atoms with E-state index < -0.39 is 17.7 Å². The maximum absolute atomic E-state index is 12.5. The number of carbonyl (C=O) groups excluding carboxylic acids is 1. The molecule has 1 N–H and O–H groups in total. The molecule has 0 radical (unpaired) electrons. The molecule has 0 spiro atoms. The minimum atomic E-state index is -0.973. The second kappa shape index (κ2) is 9.22. The third-order valence-electron chi connectivity index (χ3n) is 4.81. The molecule has 0 saturated carbocycles. The van der Waals surface area contributed by atoms with E-state index in [1.165, 1.54) is 10.8 Å². The first-order valence-electron chi connectivity index (χ1n) is 9.91. The molecule has 1 aliphatic heterocycles. The molecule has 4 rings (SSSR count). The van der Waals surface area contributed by atoms with Crippen LogP contribution in [0.25, 0.3) is 0 Å². The first-order chi connectivity index (χ1) is 15.0. The first-order valence-corrected chi connectivity index (χ1v) is 9.91. The minimum absolute atomic E-state index is 0.169. The predicted molar refractivity (Wildman–Crippen MR) is 113 cm³/mol. The van der Waals surface area contributed by atoms with Crippen molar-refractivity contribution in [1.29, 1.82) is 0 Å². The van der Waals surface area contributed by atoms with Crippen LogP contribution in [0.2, 0.25) is 0 Å². The number of hydrogen-bond acceptors (Lipinski definition) is 6. The summed E-state index contributed by atoms with van der Waals surface area (Å²) < 4.78 is 18.7. The third-order valence-corrected chi connectivity index (χ3v) is 4.81. The van der Waals surface area contributed by atoms with Crippen molar-refractivity contribution in [1.82, 2.24) is 9.55 Å². The number of anilines is 1. The molecule has 1 aromatic heterocycles. The maximum Gasteiger partial charge on any atom is 0.351 e. The molecule has 2 unspecified atom stereocenters. The number of rotatable bonds is 7. The Hall–Kier alpha value is -3.33. The summed E-state index contributed by atoms with van der Waals surface area (Å²) in [6.45, 7) is 2.60. The molecule has 160 valence electrons. The molecule has 2 heterocycles. The molecule has 2 atom stereocenters. The number of nitrogens with zero attached hydrogens (tertiary/aromatic N) is 2. The Bertz CT molecular complexity index is 1090. The van der Waals surface area contributed by atoms with E-state index >= 15 is 0 Å². The second-order valence-corrected chi connectivity index (χ2v) is 7.32. The van der Waals surface area contributed by atoms with Crippen molar-refractivity contribution >= 4 is 11.7 Å². The van der Waals surface area contributed by atoms with Crippen LogP contribution in [0.4, 0.5) is 5.82 Å². The Morgan fingerprint density at radius 3 is 2.58 bits per heavy atom. The molecule has 1 saturated heterocycles. The van der Waals surface area contributed by atoms with Crippen molar-refractivity contribution in [2.24, 2.45) is 0 Å². The van der Waals surface area contributed by atoms with Crippen LogP contribution < -0.4 is 11.0 Å². The van der Waals surface area contributed by atoms with Crippen LogP contribution in [0.3, 0.4) is 0 Å². The molecule has 2 aromatic carbocycles. The second-order valence-electron chi connectivity index (χ2n) is 7.32. The molecular formula is C23H23N3O5. The number of ether oxygens (including phenoxy) is 3. The monoisotopic (exact) mass is 421 g/mol. The van der Waals surface area contributed by atoms with Crippen molar-refractivity contribution in [2.45, 2.75) is 25.5 Å². The number of amides is 1. The van der Waals surface area contributed by atoms with Crippen LogP contribution >= 0.6 is 0 Å². The fraction of sp³-hybridized carbons (Fsp3) is 0.261. The van der Waals surface area contributed by atoms with E-state index in [9.17, 15) is 9.59 Å². The molecule has 1 aliphatic rings. The molecule has 0 bridgehead atoms. The number of hydrogen-bond donors (Lipinski definition) is 1. The van der Waals surface area contributed by atoms with Gasteiger partial charge < -0.3 is 19.5 Å². The lowest BCUT2D eigenvalue weighted by molar-refractivity contribution is -0.199. The molecule has 0 aliphatic carbocycles. The SMILES string of the molecule is CC1(COCc2ccccc2)OCC(n2ccc(NC(=O)c3ccccc3)nc2=O)O1. The van der Waals surface area contributed by atoms with Crippen LogP contribution in [0.15, 0.2) is 77.7 Å². The van der Waals surface area contributed by atoms with Crippen molar-refractivity contribution in [2.75, 3.05) is 18.5 Å². The van der Waals surface area contributed by atoms with Gasteiger partial charge in [0.15, 0.2) is 12.0 Å². The van der Waals surface area contributed by atoms with Crippen LogP contribution in [0.1, 0.15) is 29.1 Å². The zero-order valence-electron chi connectivity index (χ0n) is 17.1. The van der Waals surface area contributed by atoms with Gasteiger partial charge in [0.25, 0.3) is 5.91 Å². The highest BCUT2D eigenvalue weighted by Crippen LogP contribution is 2.29. The van der Waals surface area contributed by atoms with E-state index in [1.807, 2.05) is 36.4 Å². The topological polar surface area (TPSA) is 91.7 Å². The predicted octanol–water partition coefficient (Wildman–Crippen LogP) is 2.97. The van der Waals surface area contributed by atoms with E-state index in [2.05, 4.69) is 10.3 Å². The smallest absolute Gasteiger partial charge is 0.351 e. The Labute approximate surface area is 179 Å². The van der Waals surface area contributed by atoms with E-state index in [1.54, 1.807) is 37.3 Å². The van der Waals surface area contributed by atoms with Gasteiger partial charge in [-0.2, -0.15) is 4.98 Å². The highest BCUT2D eigenvalue weighted by Gasteiger charge is 2.39. The number of carbonyl (C=O) groups is 1. The Morgan fingerprint density at radius 1 is 1.16 bits per heavy atom. The van der Waals surface area contributed by atoms with Gasteiger partial charge in [-0.15, -0.1) is 0 Å². The Balaban J connectivity index is 1.35. The van der Waals surface area contributed by atoms with Crippen molar-refractivity contribution in [3.63, 3.8) is 0 Å². The van der Waals surface area contributed by atoms with E-state index in [4.69, 9.17) is 14.2 Å². The molecule has 3 aromatic rings. The third kappa shape index (κ3) is 5.24. The highest BCUT2D eigenvalue weighted by molar-refractivity contribution is 6.03. The average molecular weight is 421 g/mol. The number of aromatic nitrogens is 2. The normalized spacial score (nSPS) is 20.5. The summed E-state index contributed by atoms with van der Waals surface area (Å²) in [5, 5.41) is 2.62. The summed E-state index contributed by atoms with van der Waals surface area (Å²) in [5.41, 5.74) is 0.982. The highest BCUT2D eigenvalue weighted by atomic mass is 16.8. The van der Waals surface area contributed by atoms with Gasteiger partial charge in [-0.1, -0.05) is 48.5 Å². The maximum atomic E-state index is 12.5. The largest absolute Gasteiger partial charge is 0.371 e. The lowest BCUT2D eigenvalue weighted by Crippen LogP contribution is -2.34. The summed E-state index contributed by atoms with van der Waals surface area (Å²) >= 11 is 0. The average Bonchev–Trinajstić information content (AvgIpc) is 3.17. The lowest BCUT2D eigenvalue weighted by atomic mass is 10.2. The molecule has 1 amide bonds. The minimum Gasteiger partial charge on any atom is -0.371 e. The standard InChI is InChI=1S/C23H23N3O5/c1-23(16-29-14-17-8-4-2-5-9-17)30-15-20(31-23)26-13-12-19(25-22(26)28)24-21(27)18-10-6-3-7-11-18/h2-13,20H,14-16H2,1H3,(H,24,25,27,28). The van der Waals surface area contributed by atoms with Gasteiger partial charge in [0.1, 0.15) is 12.4 Å². The van der Waals surface area contributed by atoms with Crippen molar-refractivity contribution in [3.05, 3.63) is 94.5 Å². The van der Waals surface area contributed by atoms with Crippen LogP contribution in [0.5, 0.6) is 0 Å². The van der Waals surface area contributed by atoms with Crippen LogP contribution in [0, 0.1) is 0 Å². The van der Waals surface area contributed by atoms with Crippen molar-refractivity contribution in [3.8, 4) is 0 Å². The van der Waals surface area contributed by atoms with Crippen molar-refractivity contribution < 1.29 is 19.0 Å². The number of nitrogens with one attached hydrogen (secondary N) is 1. The van der Waals surface area contributed by atoms with Gasteiger partial charge in [0.05, 0.1) is 13.2 Å². The van der Waals surface area contributed by atoms with E-state index in [0.717, 1.165) is 5.56 Å². The summed E-state index contributed by atoms with van der Waals surface area (Å²) in [5.74, 6) is -1.14. The molecule has 31 heavy (non-hydrogen) atoms. The molecule has 1 fully saturated rings. The fourth-order valence-electron chi connectivity index (χ4n) is 3.22. The zero-order valence-corrected chi connectivity index (χ0v) is 17.1.